The summed E-state index contributed by atoms with van der Waals surface area (Å²) in [5.41, 5.74) is 0. The quantitative estimate of drug-likeness (QED) is 0.679. The molecule has 1 rings (SSSR count). The smallest absolute Gasteiger partial charge is 0.327 e. The summed E-state index contributed by atoms with van der Waals surface area (Å²) in [6, 6.07) is -1.36. The molecule has 20 heavy (non-hydrogen) atoms. The molecule has 114 valence electrons. The fourth-order valence-corrected chi connectivity index (χ4v) is 2.94. The minimum atomic E-state index is -1.03. The third-order valence-electron chi connectivity index (χ3n) is 2.85. The molecule has 0 aromatic heterocycles. The van der Waals surface area contributed by atoms with Crippen molar-refractivity contribution in [1.82, 2.24) is 15.5 Å². The highest BCUT2D eigenvalue weighted by atomic mass is 32.2. The van der Waals surface area contributed by atoms with Gasteiger partial charge in [0.1, 0.15) is 6.04 Å². The maximum absolute atomic E-state index is 12.0. The van der Waals surface area contributed by atoms with E-state index in [9.17, 15) is 14.4 Å². The number of nitrogens with zero attached hydrogens (tertiary/aromatic N) is 1. The van der Waals surface area contributed by atoms with Gasteiger partial charge in [-0.2, -0.15) is 0 Å². The van der Waals surface area contributed by atoms with Crippen LogP contribution in [-0.2, 0) is 9.59 Å². The number of hydrogen-bond donors (Lipinski definition) is 3. The Kier molecular flexibility index (Phi) is 6.12. The summed E-state index contributed by atoms with van der Waals surface area (Å²) in [5.74, 6) is -0.607. The molecule has 1 fully saturated rings. The molecule has 0 aromatic carbocycles. The van der Waals surface area contributed by atoms with Gasteiger partial charge in [-0.3, -0.25) is 9.69 Å². The van der Waals surface area contributed by atoms with E-state index in [2.05, 4.69) is 10.6 Å². The third kappa shape index (κ3) is 4.59. The van der Waals surface area contributed by atoms with Gasteiger partial charge in [-0.15, -0.1) is 11.8 Å². The molecular formula is C12H21N3O4S. The number of amides is 3. The maximum Gasteiger partial charge on any atom is 0.327 e. The lowest BCUT2D eigenvalue weighted by molar-refractivity contribution is -0.141. The summed E-state index contributed by atoms with van der Waals surface area (Å²) in [5, 5.41) is 14.0. The van der Waals surface area contributed by atoms with Gasteiger partial charge in [0.15, 0.2) is 0 Å². The van der Waals surface area contributed by atoms with Crippen LogP contribution >= 0.6 is 11.8 Å². The van der Waals surface area contributed by atoms with Crippen molar-refractivity contribution in [3.05, 3.63) is 0 Å². The van der Waals surface area contributed by atoms with Gasteiger partial charge in [0, 0.05) is 12.3 Å². The van der Waals surface area contributed by atoms with Crippen molar-refractivity contribution in [3.63, 3.8) is 0 Å². The van der Waals surface area contributed by atoms with E-state index >= 15 is 0 Å². The van der Waals surface area contributed by atoms with E-state index in [1.165, 1.54) is 16.7 Å². The molecule has 0 saturated carbocycles. The van der Waals surface area contributed by atoms with Crippen LogP contribution in [0.15, 0.2) is 0 Å². The fourth-order valence-electron chi connectivity index (χ4n) is 1.77. The minimum absolute atomic E-state index is 0.147. The predicted molar refractivity (Wildman–Crippen MR) is 76.4 cm³/mol. The SMILES string of the molecule is CC(C)CNC(=O)CNC(=O)N1C(C)SCC1C(=O)O. The average Bonchev–Trinajstić information content (AvgIpc) is 2.75. The first-order chi connectivity index (χ1) is 9.32. The zero-order valence-electron chi connectivity index (χ0n) is 11.9. The standard InChI is InChI=1S/C12H21N3O4S/c1-7(2)4-13-10(16)5-14-12(19)15-8(3)20-6-9(15)11(17)18/h7-9H,4-6H2,1-3H3,(H,13,16)(H,14,19)(H,17,18). The topological polar surface area (TPSA) is 98.7 Å². The van der Waals surface area contributed by atoms with E-state index in [0.29, 0.717) is 18.2 Å². The number of hydrogen-bond acceptors (Lipinski definition) is 4. The second kappa shape index (κ2) is 7.37. The Morgan fingerprint density at radius 1 is 1.35 bits per heavy atom. The van der Waals surface area contributed by atoms with Crippen molar-refractivity contribution in [1.29, 1.82) is 0 Å². The summed E-state index contributed by atoms with van der Waals surface area (Å²) >= 11 is 1.40. The van der Waals surface area contributed by atoms with Gasteiger partial charge in [0.25, 0.3) is 0 Å². The van der Waals surface area contributed by atoms with Crippen molar-refractivity contribution in [2.24, 2.45) is 5.92 Å². The molecule has 8 heteroatoms. The molecule has 2 atom stereocenters. The highest BCUT2D eigenvalue weighted by Crippen LogP contribution is 2.28. The molecule has 7 nitrogen and oxygen atoms in total. The molecule has 3 N–H and O–H groups in total. The van der Waals surface area contributed by atoms with Crippen LogP contribution in [0.5, 0.6) is 0 Å². The van der Waals surface area contributed by atoms with Crippen LogP contribution in [-0.4, -0.2) is 58.2 Å². The van der Waals surface area contributed by atoms with Gasteiger partial charge in [-0.1, -0.05) is 13.8 Å². The molecule has 2 unspecified atom stereocenters. The lowest BCUT2D eigenvalue weighted by atomic mass is 10.2. The number of carbonyl (C=O) groups is 3. The van der Waals surface area contributed by atoms with E-state index in [-0.39, 0.29) is 17.8 Å². The van der Waals surface area contributed by atoms with Crippen LogP contribution in [0.1, 0.15) is 20.8 Å². The van der Waals surface area contributed by atoms with Crippen molar-refractivity contribution in [3.8, 4) is 0 Å². The Morgan fingerprint density at radius 2 is 2.00 bits per heavy atom. The van der Waals surface area contributed by atoms with Gasteiger partial charge in [-0.05, 0) is 12.8 Å². The largest absolute Gasteiger partial charge is 0.480 e. The summed E-state index contributed by atoms with van der Waals surface area (Å²) in [7, 11) is 0. The maximum atomic E-state index is 12.0. The Hall–Kier alpha value is -1.44. The number of carboxylic acid groups (broad SMARTS) is 1. The number of carbonyl (C=O) groups excluding carboxylic acids is 2. The van der Waals surface area contributed by atoms with Gasteiger partial charge >= 0.3 is 12.0 Å². The molecule has 1 aliphatic rings. The van der Waals surface area contributed by atoms with E-state index in [0.717, 1.165) is 0 Å². The molecule has 1 heterocycles. The molecule has 0 radical (unpaired) electrons. The molecule has 1 aliphatic heterocycles. The van der Waals surface area contributed by atoms with Crippen molar-refractivity contribution >= 4 is 29.7 Å². The monoisotopic (exact) mass is 303 g/mol. The Bertz CT molecular complexity index is 389. The first-order valence-corrected chi connectivity index (χ1v) is 7.55. The Labute approximate surface area is 122 Å². The highest BCUT2D eigenvalue weighted by molar-refractivity contribution is 8.00. The van der Waals surface area contributed by atoms with Crippen LogP contribution in [0.4, 0.5) is 4.79 Å². The Balaban J connectivity index is 2.45. The van der Waals surface area contributed by atoms with Crippen LogP contribution in [0.3, 0.4) is 0 Å². The second-order valence-corrected chi connectivity index (χ2v) is 6.40. The highest BCUT2D eigenvalue weighted by Gasteiger charge is 2.39. The molecule has 0 aliphatic carbocycles. The number of nitrogens with one attached hydrogen (secondary N) is 2. The number of carboxylic acids is 1. The number of urea groups is 1. The van der Waals surface area contributed by atoms with E-state index in [1.807, 2.05) is 13.8 Å². The average molecular weight is 303 g/mol. The number of aliphatic carboxylic acids is 1. The summed E-state index contributed by atoms with van der Waals surface area (Å²) in [6.45, 7) is 6.11. The first kappa shape index (κ1) is 16.6. The molecule has 0 bridgehead atoms. The van der Waals surface area contributed by atoms with Crippen LogP contribution in [0, 0.1) is 5.92 Å². The lowest BCUT2D eigenvalue weighted by Gasteiger charge is -2.25. The molecule has 0 aromatic rings. The molecule has 3 amide bonds. The predicted octanol–water partition coefficient (Wildman–Crippen LogP) is 0.316. The van der Waals surface area contributed by atoms with Crippen LogP contribution < -0.4 is 10.6 Å². The van der Waals surface area contributed by atoms with Gasteiger partial charge < -0.3 is 15.7 Å². The normalized spacial score (nSPS) is 21.9. The summed E-state index contributed by atoms with van der Waals surface area (Å²) in [6.07, 6.45) is 0. The lowest BCUT2D eigenvalue weighted by Crippen LogP contribution is -2.51. The van der Waals surface area contributed by atoms with Crippen LogP contribution in [0.2, 0.25) is 0 Å². The summed E-state index contributed by atoms with van der Waals surface area (Å²) in [4.78, 5) is 35.8. The molecule has 0 spiro atoms. The molecular weight excluding hydrogens is 282 g/mol. The Morgan fingerprint density at radius 3 is 2.55 bits per heavy atom. The zero-order valence-corrected chi connectivity index (χ0v) is 12.7. The van der Waals surface area contributed by atoms with Gasteiger partial charge in [-0.25, -0.2) is 9.59 Å². The van der Waals surface area contributed by atoms with E-state index in [4.69, 9.17) is 5.11 Å². The zero-order chi connectivity index (χ0) is 15.3. The van der Waals surface area contributed by atoms with Crippen molar-refractivity contribution < 1.29 is 19.5 Å². The fraction of sp³-hybridized carbons (Fsp3) is 0.750. The first-order valence-electron chi connectivity index (χ1n) is 6.50. The van der Waals surface area contributed by atoms with E-state index < -0.39 is 18.0 Å². The number of thioether (sulfide) groups is 1. The van der Waals surface area contributed by atoms with Crippen LogP contribution in [0.25, 0.3) is 0 Å². The van der Waals surface area contributed by atoms with Gasteiger partial charge in [0.2, 0.25) is 5.91 Å². The molecule has 1 saturated heterocycles. The third-order valence-corrected chi connectivity index (χ3v) is 4.07. The minimum Gasteiger partial charge on any atom is -0.480 e. The van der Waals surface area contributed by atoms with E-state index in [1.54, 1.807) is 6.92 Å². The van der Waals surface area contributed by atoms with Gasteiger partial charge in [0.05, 0.1) is 11.9 Å². The van der Waals surface area contributed by atoms with Crippen molar-refractivity contribution in [2.75, 3.05) is 18.8 Å². The van der Waals surface area contributed by atoms with Crippen molar-refractivity contribution in [2.45, 2.75) is 32.2 Å². The number of rotatable bonds is 5. The summed E-state index contributed by atoms with van der Waals surface area (Å²) < 4.78 is 0. The second-order valence-electron chi connectivity index (χ2n) is 5.05.